The molecule has 0 spiro atoms. The van der Waals surface area contributed by atoms with Gasteiger partial charge >= 0.3 is 0 Å². The van der Waals surface area contributed by atoms with E-state index in [0.717, 1.165) is 12.8 Å². The van der Waals surface area contributed by atoms with Gasteiger partial charge in [0.05, 0.1) is 18.2 Å². The molecule has 2 fully saturated rings. The van der Waals surface area contributed by atoms with Crippen LogP contribution in [0.25, 0.3) is 0 Å². The Morgan fingerprint density at radius 2 is 2.38 bits per heavy atom. The van der Waals surface area contributed by atoms with Crippen molar-refractivity contribution >= 4 is 5.91 Å². The summed E-state index contributed by atoms with van der Waals surface area (Å²) in [5.41, 5.74) is 0. The lowest BCUT2D eigenvalue weighted by atomic mass is 9.95. The normalized spacial score (nSPS) is 37.2. The minimum Gasteiger partial charge on any atom is -0.373 e. The van der Waals surface area contributed by atoms with Crippen LogP contribution in [0.3, 0.4) is 0 Å². The third-order valence-corrected chi connectivity index (χ3v) is 2.75. The predicted octanol–water partition coefficient (Wildman–Crippen LogP) is 0.999. The number of allylic oxidation sites excluding steroid dienone is 1. The van der Waals surface area contributed by atoms with Crippen LogP contribution in [0.4, 0.5) is 0 Å². The molecule has 2 saturated heterocycles. The number of rotatable bonds is 2. The number of fused-ring (bicyclic) bond motifs is 2. The van der Waals surface area contributed by atoms with Gasteiger partial charge in [-0.2, -0.15) is 0 Å². The van der Waals surface area contributed by atoms with Crippen molar-refractivity contribution in [1.82, 2.24) is 5.32 Å². The van der Waals surface area contributed by atoms with E-state index in [2.05, 4.69) is 5.32 Å². The summed E-state index contributed by atoms with van der Waals surface area (Å²) in [6, 6.07) is 0.252. The number of ether oxygens (including phenoxy) is 1. The van der Waals surface area contributed by atoms with Crippen molar-refractivity contribution in [1.29, 1.82) is 0 Å². The number of amides is 1. The molecule has 3 nitrogen and oxygen atoms in total. The maximum atomic E-state index is 11.2. The summed E-state index contributed by atoms with van der Waals surface area (Å²) in [5.74, 6) is 0.00338. The molecule has 2 rings (SSSR count). The lowest BCUT2D eigenvalue weighted by Crippen LogP contribution is -2.40. The number of carbonyl (C=O) groups excluding carboxylic acids is 1. The topological polar surface area (TPSA) is 38.3 Å². The lowest BCUT2D eigenvalue weighted by Gasteiger charge is -2.18. The van der Waals surface area contributed by atoms with Crippen LogP contribution in [0.2, 0.25) is 0 Å². The molecule has 0 aromatic heterocycles. The van der Waals surface area contributed by atoms with E-state index in [0.29, 0.717) is 6.10 Å². The first-order valence-electron chi connectivity index (χ1n) is 4.88. The summed E-state index contributed by atoms with van der Waals surface area (Å²) >= 11 is 0. The molecule has 3 heteroatoms. The molecule has 1 amide bonds. The second-order valence-corrected chi connectivity index (χ2v) is 3.72. The maximum absolute atomic E-state index is 11.2. The molecule has 0 aromatic rings. The molecule has 2 aliphatic rings. The van der Waals surface area contributed by atoms with Gasteiger partial charge in [-0.05, 0) is 32.3 Å². The molecule has 1 N–H and O–H groups in total. The summed E-state index contributed by atoms with van der Waals surface area (Å²) in [5, 5.41) is 2.96. The molecular weight excluding hydrogens is 166 g/mol. The van der Waals surface area contributed by atoms with E-state index < -0.39 is 0 Å². The molecule has 0 aliphatic carbocycles. The molecule has 2 heterocycles. The Hall–Kier alpha value is -0.830. The van der Waals surface area contributed by atoms with Crippen LogP contribution in [0.5, 0.6) is 0 Å². The standard InChI is InChI=1S/C10H15NO2/c1-2-3-10(12)11-8-6-7-4-5-9(8)13-7/h2-3,7-9H,4-6H2,1H3,(H,11,12)/b3-2+/t7-,8-,9+/m1/s1. The molecular formula is C10H15NO2. The average Bonchev–Trinajstić information content (AvgIpc) is 2.65. The van der Waals surface area contributed by atoms with E-state index in [1.165, 1.54) is 6.42 Å². The van der Waals surface area contributed by atoms with Gasteiger partial charge in [-0.15, -0.1) is 0 Å². The molecule has 0 radical (unpaired) electrons. The Bertz CT molecular complexity index is 237. The predicted molar refractivity (Wildman–Crippen MR) is 49.3 cm³/mol. The van der Waals surface area contributed by atoms with Gasteiger partial charge in [0.15, 0.2) is 0 Å². The van der Waals surface area contributed by atoms with Gasteiger partial charge < -0.3 is 10.1 Å². The third kappa shape index (κ3) is 1.75. The monoisotopic (exact) mass is 181 g/mol. The van der Waals surface area contributed by atoms with Gasteiger partial charge in [0.1, 0.15) is 0 Å². The van der Waals surface area contributed by atoms with Gasteiger partial charge in [-0.3, -0.25) is 4.79 Å². The Morgan fingerprint density at radius 3 is 2.92 bits per heavy atom. The van der Waals surface area contributed by atoms with Crippen molar-refractivity contribution < 1.29 is 9.53 Å². The number of hydrogen-bond donors (Lipinski definition) is 1. The first-order valence-corrected chi connectivity index (χ1v) is 4.88. The largest absolute Gasteiger partial charge is 0.373 e. The van der Waals surface area contributed by atoms with Crippen LogP contribution in [0.15, 0.2) is 12.2 Å². The Labute approximate surface area is 78.1 Å². The molecule has 3 atom stereocenters. The second kappa shape index (κ2) is 3.50. The minimum absolute atomic E-state index is 0.00338. The zero-order valence-electron chi connectivity index (χ0n) is 7.82. The van der Waals surface area contributed by atoms with Crippen molar-refractivity contribution in [3.05, 3.63) is 12.2 Å². The fourth-order valence-electron chi connectivity index (χ4n) is 2.17. The van der Waals surface area contributed by atoms with Crippen LogP contribution >= 0.6 is 0 Å². The molecule has 2 bridgehead atoms. The molecule has 0 unspecified atom stereocenters. The fourth-order valence-corrected chi connectivity index (χ4v) is 2.17. The summed E-state index contributed by atoms with van der Waals surface area (Å²) < 4.78 is 5.63. The van der Waals surface area contributed by atoms with Crippen molar-refractivity contribution in [3.8, 4) is 0 Å². The summed E-state index contributed by atoms with van der Waals surface area (Å²) in [4.78, 5) is 11.2. The van der Waals surface area contributed by atoms with Crippen LogP contribution in [0, 0.1) is 0 Å². The van der Waals surface area contributed by atoms with Gasteiger partial charge in [0, 0.05) is 0 Å². The van der Waals surface area contributed by atoms with Crippen molar-refractivity contribution in [3.63, 3.8) is 0 Å². The molecule has 2 aliphatic heterocycles. The average molecular weight is 181 g/mol. The van der Waals surface area contributed by atoms with Crippen LogP contribution in [-0.4, -0.2) is 24.2 Å². The highest BCUT2D eigenvalue weighted by Crippen LogP contribution is 2.34. The van der Waals surface area contributed by atoms with Crippen LogP contribution < -0.4 is 5.32 Å². The summed E-state index contributed by atoms with van der Waals surface area (Å²) in [6.07, 6.45) is 7.26. The zero-order chi connectivity index (χ0) is 9.26. The zero-order valence-corrected chi connectivity index (χ0v) is 7.82. The van der Waals surface area contributed by atoms with E-state index in [1.807, 2.05) is 6.92 Å². The second-order valence-electron chi connectivity index (χ2n) is 3.72. The molecule has 0 saturated carbocycles. The first kappa shape index (κ1) is 8.75. The van der Waals surface area contributed by atoms with Crippen molar-refractivity contribution in [2.75, 3.05) is 0 Å². The van der Waals surface area contributed by atoms with Gasteiger partial charge in [-0.1, -0.05) is 6.08 Å². The Morgan fingerprint density at radius 1 is 1.54 bits per heavy atom. The third-order valence-electron chi connectivity index (χ3n) is 2.75. The smallest absolute Gasteiger partial charge is 0.243 e. The Balaban J connectivity index is 1.86. The molecule has 72 valence electrons. The van der Waals surface area contributed by atoms with Crippen molar-refractivity contribution in [2.24, 2.45) is 0 Å². The van der Waals surface area contributed by atoms with Gasteiger partial charge in [0.25, 0.3) is 0 Å². The van der Waals surface area contributed by atoms with Crippen molar-refractivity contribution in [2.45, 2.75) is 44.4 Å². The lowest BCUT2D eigenvalue weighted by molar-refractivity contribution is -0.117. The SMILES string of the molecule is C/C=C/C(=O)N[C@@H]1C[C@H]2CC[C@@H]1O2. The highest BCUT2D eigenvalue weighted by atomic mass is 16.5. The Kier molecular flexibility index (Phi) is 2.36. The number of nitrogens with one attached hydrogen (secondary N) is 1. The highest BCUT2D eigenvalue weighted by molar-refractivity contribution is 5.87. The van der Waals surface area contributed by atoms with E-state index in [1.54, 1.807) is 12.2 Å². The van der Waals surface area contributed by atoms with E-state index in [4.69, 9.17) is 4.74 Å². The first-order chi connectivity index (χ1) is 6.29. The van der Waals surface area contributed by atoms with E-state index >= 15 is 0 Å². The van der Waals surface area contributed by atoms with Gasteiger partial charge in [0.2, 0.25) is 5.91 Å². The minimum atomic E-state index is 0.00338. The maximum Gasteiger partial charge on any atom is 0.243 e. The summed E-state index contributed by atoms with van der Waals surface area (Å²) in [7, 11) is 0. The quantitative estimate of drug-likeness (QED) is 0.645. The highest BCUT2D eigenvalue weighted by Gasteiger charge is 2.41. The summed E-state index contributed by atoms with van der Waals surface area (Å²) in [6.45, 7) is 1.84. The van der Waals surface area contributed by atoms with Gasteiger partial charge in [-0.25, -0.2) is 0 Å². The van der Waals surface area contributed by atoms with Crippen LogP contribution in [0.1, 0.15) is 26.2 Å². The van der Waals surface area contributed by atoms with Crippen LogP contribution in [-0.2, 0) is 9.53 Å². The number of carbonyl (C=O) groups is 1. The van der Waals surface area contributed by atoms with E-state index in [9.17, 15) is 4.79 Å². The number of hydrogen-bond acceptors (Lipinski definition) is 2. The van der Waals surface area contributed by atoms with E-state index in [-0.39, 0.29) is 18.1 Å². The fraction of sp³-hybridized carbons (Fsp3) is 0.700. The molecule has 0 aromatic carbocycles. The molecule has 13 heavy (non-hydrogen) atoms.